The number of anilines is 1. The maximum atomic E-state index is 13.2. The Morgan fingerprint density at radius 3 is 2.87 bits per heavy atom. The van der Waals surface area contributed by atoms with Crippen molar-refractivity contribution in [2.45, 2.75) is 16.5 Å². The van der Waals surface area contributed by atoms with Crippen molar-refractivity contribution >= 4 is 35.1 Å². The molecule has 0 unspecified atom stereocenters. The van der Waals surface area contributed by atoms with Crippen LogP contribution in [0.4, 0.5) is 10.1 Å². The van der Waals surface area contributed by atoms with Crippen molar-refractivity contribution in [3.63, 3.8) is 0 Å². The highest BCUT2D eigenvalue weighted by atomic mass is 32.2. The van der Waals surface area contributed by atoms with Crippen LogP contribution in [0.15, 0.2) is 63.4 Å². The monoisotopic (exact) mass is 443 g/mol. The second-order valence-corrected chi connectivity index (χ2v) is 8.50. The number of aryl methyl sites for hydroxylation is 1. The number of hydrogen-bond donors (Lipinski definition) is 1. The molecule has 30 heavy (non-hydrogen) atoms. The Kier molecular flexibility index (Phi) is 6.10. The fraction of sp³-hybridized carbons (Fsp3) is 0.190. The minimum Gasteiger partial charge on any atom is -0.497 e. The van der Waals surface area contributed by atoms with Crippen molar-refractivity contribution in [2.24, 2.45) is 0 Å². The first-order valence-electron chi connectivity index (χ1n) is 9.16. The molecule has 6 nitrogen and oxygen atoms in total. The number of benzene rings is 2. The van der Waals surface area contributed by atoms with Crippen LogP contribution in [-0.4, -0.2) is 34.1 Å². The molecule has 1 aliphatic rings. The number of carbonyl (C=O) groups excluding carboxylic acids is 1. The number of hydrogen-bond acceptors (Lipinski definition) is 6. The molecule has 0 bridgehead atoms. The third-order valence-corrected chi connectivity index (χ3v) is 6.48. The molecule has 2 heterocycles. The average Bonchev–Trinajstić information content (AvgIpc) is 3.23. The second-order valence-electron chi connectivity index (χ2n) is 6.45. The van der Waals surface area contributed by atoms with Crippen molar-refractivity contribution in [1.82, 2.24) is 9.55 Å². The number of nitrogens with one attached hydrogen (secondary N) is 1. The lowest BCUT2D eigenvalue weighted by Crippen LogP contribution is -2.24. The van der Waals surface area contributed by atoms with Gasteiger partial charge in [-0.3, -0.25) is 14.2 Å². The molecule has 1 N–H and O–H groups in total. The Bertz CT molecular complexity index is 1150. The minimum absolute atomic E-state index is 0.0553. The van der Waals surface area contributed by atoms with Crippen LogP contribution < -0.4 is 15.6 Å². The van der Waals surface area contributed by atoms with Crippen molar-refractivity contribution in [2.75, 3.05) is 23.9 Å². The fourth-order valence-corrected chi connectivity index (χ4v) is 4.88. The Morgan fingerprint density at radius 2 is 2.10 bits per heavy atom. The summed E-state index contributed by atoms with van der Waals surface area (Å²) in [4.78, 5) is 30.9. The summed E-state index contributed by atoms with van der Waals surface area (Å²) in [7, 11) is 1.56. The van der Waals surface area contributed by atoms with E-state index in [1.165, 1.54) is 52.4 Å². The smallest absolute Gasteiger partial charge is 0.272 e. The normalized spacial score (nSPS) is 12.5. The summed E-state index contributed by atoms with van der Waals surface area (Å²) >= 11 is 2.68. The third kappa shape index (κ3) is 4.36. The molecule has 1 aliphatic heterocycles. The number of methoxy groups -OCH3 is 1. The van der Waals surface area contributed by atoms with Gasteiger partial charge in [0.1, 0.15) is 11.6 Å². The van der Waals surface area contributed by atoms with E-state index < -0.39 is 0 Å². The van der Waals surface area contributed by atoms with E-state index in [9.17, 15) is 14.0 Å². The molecule has 0 radical (unpaired) electrons. The Hall–Kier alpha value is -2.78. The van der Waals surface area contributed by atoms with E-state index in [1.807, 2.05) is 0 Å². The lowest BCUT2D eigenvalue weighted by molar-refractivity contribution is -0.113. The van der Waals surface area contributed by atoms with Gasteiger partial charge in [-0.15, -0.1) is 11.8 Å². The first-order chi connectivity index (χ1) is 14.5. The van der Waals surface area contributed by atoms with Gasteiger partial charge in [-0.1, -0.05) is 17.8 Å². The molecule has 1 aromatic heterocycles. The van der Waals surface area contributed by atoms with Gasteiger partial charge in [-0.2, -0.15) is 0 Å². The van der Waals surface area contributed by atoms with Crippen LogP contribution in [0.25, 0.3) is 5.69 Å². The van der Waals surface area contributed by atoms with Gasteiger partial charge in [-0.05, 0) is 36.4 Å². The van der Waals surface area contributed by atoms with Gasteiger partial charge in [-0.25, -0.2) is 9.37 Å². The van der Waals surface area contributed by atoms with Crippen LogP contribution in [0.5, 0.6) is 5.75 Å². The Labute approximate surface area is 180 Å². The predicted molar refractivity (Wildman–Crippen MR) is 117 cm³/mol. The topological polar surface area (TPSA) is 73.2 Å². The molecule has 0 atom stereocenters. The van der Waals surface area contributed by atoms with Gasteiger partial charge in [0.25, 0.3) is 5.56 Å². The first kappa shape index (κ1) is 20.5. The maximum absolute atomic E-state index is 13.2. The summed E-state index contributed by atoms with van der Waals surface area (Å²) in [6, 6.07) is 12.7. The van der Waals surface area contributed by atoms with Crippen molar-refractivity contribution in [1.29, 1.82) is 0 Å². The van der Waals surface area contributed by atoms with Crippen LogP contribution >= 0.6 is 23.5 Å². The summed E-state index contributed by atoms with van der Waals surface area (Å²) in [5.41, 5.74) is 1.76. The molecule has 154 valence electrons. The molecule has 9 heteroatoms. The number of amides is 1. The molecular formula is C21H18FN3O3S2. The number of rotatable bonds is 6. The van der Waals surface area contributed by atoms with E-state index in [0.29, 0.717) is 27.2 Å². The predicted octanol–water partition coefficient (Wildman–Crippen LogP) is 3.76. The zero-order valence-corrected chi connectivity index (χ0v) is 17.7. The first-order valence-corrected chi connectivity index (χ1v) is 11.1. The molecular weight excluding hydrogens is 425 g/mol. The molecule has 3 aromatic rings. The highest BCUT2D eigenvalue weighted by molar-refractivity contribution is 8.00. The SMILES string of the molecule is COc1cccc(-n2c(SCC(=O)Nc3ccc(F)cc3)nc3c(c2=O)SCC3)c1. The largest absolute Gasteiger partial charge is 0.497 e. The van der Waals surface area contributed by atoms with E-state index in [0.717, 1.165) is 17.9 Å². The lowest BCUT2D eigenvalue weighted by atomic mass is 10.3. The van der Waals surface area contributed by atoms with Gasteiger partial charge < -0.3 is 10.1 Å². The number of halogens is 1. The summed E-state index contributed by atoms with van der Waals surface area (Å²) in [6.07, 6.45) is 0.726. The summed E-state index contributed by atoms with van der Waals surface area (Å²) in [5.74, 6) is 0.851. The number of carbonyl (C=O) groups is 1. The van der Waals surface area contributed by atoms with Crippen molar-refractivity contribution in [3.05, 3.63) is 70.4 Å². The summed E-state index contributed by atoms with van der Waals surface area (Å²) < 4.78 is 19.8. The molecule has 0 spiro atoms. The van der Waals surface area contributed by atoms with E-state index >= 15 is 0 Å². The molecule has 4 rings (SSSR count). The van der Waals surface area contributed by atoms with Gasteiger partial charge >= 0.3 is 0 Å². The maximum Gasteiger partial charge on any atom is 0.272 e. The van der Waals surface area contributed by atoms with Gasteiger partial charge in [0.15, 0.2) is 5.16 Å². The molecule has 0 fully saturated rings. The standard InChI is InChI=1S/C21H18FN3O3S2/c1-28-16-4-2-3-15(11-16)25-20(27)19-17(9-10-29-19)24-21(25)30-12-18(26)23-14-7-5-13(22)6-8-14/h2-8,11H,9-10,12H2,1H3,(H,23,26). The van der Waals surface area contributed by atoms with Crippen LogP contribution in [-0.2, 0) is 11.2 Å². The quantitative estimate of drug-likeness (QED) is 0.462. The summed E-state index contributed by atoms with van der Waals surface area (Å²) in [6.45, 7) is 0. The molecule has 0 aliphatic carbocycles. The van der Waals surface area contributed by atoms with Crippen LogP contribution in [0.1, 0.15) is 5.69 Å². The van der Waals surface area contributed by atoms with Crippen LogP contribution in [0.2, 0.25) is 0 Å². The fourth-order valence-electron chi connectivity index (χ4n) is 3.03. The van der Waals surface area contributed by atoms with Gasteiger partial charge in [0, 0.05) is 23.9 Å². The van der Waals surface area contributed by atoms with E-state index in [2.05, 4.69) is 10.3 Å². The number of nitrogens with zero attached hydrogens (tertiary/aromatic N) is 2. The highest BCUT2D eigenvalue weighted by Crippen LogP contribution is 2.30. The third-order valence-electron chi connectivity index (χ3n) is 4.44. The molecule has 0 saturated carbocycles. The molecule has 0 saturated heterocycles. The minimum atomic E-state index is -0.370. The van der Waals surface area contributed by atoms with E-state index in [1.54, 1.807) is 31.4 Å². The number of thioether (sulfide) groups is 2. The van der Waals surface area contributed by atoms with Crippen LogP contribution in [0.3, 0.4) is 0 Å². The van der Waals surface area contributed by atoms with E-state index in [4.69, 9.17) is 4.74 Å². The van der Waals surface area contributed by atoms with E-state index in [-0.39, 0.29) is 23.0 Å². The lowest BCUT2D eigenvalue weighted by Gasteiger charge is -2.14. The van der Waals surface area contributed by atoms with Gasteiger partial charge in [0.2, 0.25) is 5.91 Å². The van der Waals surface area contributed by atoms with Gasteiger partial charge in [0.05, 0.1) is 29.1 Å². The number of ether oxygens (including phenoxy) is 1. The second kappa shape index (κ2) is 8.93. The Morgan fingerprint density at radius 1 is 1.30 bits per heavy atom. The number of aromatic nitrogens is 2. The Balaban J connectivity index is 1.62. The van der Waals surface area contributed by atoms with Crippen molar-refractivity contribution in [3.8, 4) is 11.4 Å². The van der Waals surface area contributed by atoms with Crippen molar-refractivity contribution < 1.29 is 13.9 Å². The zero-order chi connectivity index (χ0) is 21.1. The zero-order valence-electron chi connectivity index (χ0n) is 16.1. The summed E-state index contributed by atoms with van der Waals surface area (Å²) in [5, 5.41) is 3.17. The number of fused-ring (bicyclic) bond motifs is 1. The highest BCUT2D eigenvalue weighted by Gasteiger charge is 2.23. The molecule has 2 aromatic carbocycles. The van der Waals surface area contributed by atoms with Crippen LogP contribution in [0, 0.1) is 5.82 Å². The molecule has 1 amide bonds. The average molecular weight is 444 g/mol.